The number of aryl methyl sites for hydroxylation is 2. The van der Waals surface area contributed by atoms with Gasteiger partial charge in [-0.05, 0) is 31.5 Å². The number of hydrogen-bond acceptors (Lipinski definition) is 2. The standard InChI is InChI=1S/C14H16F3N3/c1-3-20-9-11(8-19-20)7-18-13-6-12(14(15,16)17)5-4-10(13)2/h4-6,8-9,18H,3,7H2,1-2H3. The van der Waals surface area contributed by atoms with Gasteiger partial charge in [-0.15, -0.1) is 0 Å². The van der Waals surface area contributed by atoms with E-state index < -0.39 is 11.7 Å². The fourth-order valence-corrected chi connectivity index (χ4v) is 1.86. The van der Waals surface area contributed by atoms with Crippen LogP contribution in [0, 0.1) is 6.92 Å². The molecule has 1 heterocycles. The van der Waals surface area contributed by atoms with Crippen molar-refractivity contribution in [3.8, 4) is 0 Å². The molecule has 0 spiro atoms. The lowest BCUT2D eigenvalue weighted by Crippen LogP contribution is -2.07. The summed E-state index contributed by atoms with van der Waals surface area (Å²) in [5.41, 5.74) is 1.56. The Morgan fingerprint density at radius 1 is 1.30 bits per heavy atom. The first kappa shape index (κ1) is 14.4. The zero-order chi connectivity index (χ0) is 14.8. The Morgan fingerprint density at radius 3 is 2.65 bits per heavy atom. The molecule has 0 saturated carbocycles. The molecular formula is C14H16F3N3. The molecule has 20 heavy (non-hydrogen) atoms. The van der Waals surface area contributed by atoms with Crippen LogP contribution < -0.4 is 5.32 Å². The van der Waals surface area contributed by atoms with E-state index in [1.807, 2.05) is 13.1 Å². The van der Waals surface area contributed by atoms with E-state index in [1.54, 1.807) is 17.8 Å². The molecule has 1 aromatic heterocycles. The van der Waals surface area contributed by atoms with Crippen LogP contribution in [0.15, 0.2) is 30.6 Å². The normalized spacial score (nSPS) is 11.7. The fraction of sp³-hybridized carbons (Fsp3) is 0.357. The molecule has 0 saturated heterocycles. The Kier molecular flexibility index (Phi) is 4.01. The molecule has 0 atom stereocenters. The molecule has 0 fully saturated rings. The quantitative estimate of drug-likeness (QED) is 0.923. The molecule has 108 valence electrons. The van der Waals surface area contributed by atoms with Crippen LogP contribution in [0.25, 0.3) is 0 Å². The number of alkyl halides is 3. The van der Waals surface area contributed by atoms with Crippen LogP contribution in [-0.2, 0) is 19.3 Å². The molecule has 0 aliphatic heterocycles. The van der Waals surface area contributed by atoms with Gasteiger partial charge >= 0.3 is 6.18 Å². The van der Waals surface area contributed by atoms with Crippen LogP contribution >= 0.6 is 0 Å². The van der Waals surface area contributed by atoms with Crippen LogP contribution in [0.2, 0.25) is 0 Å². The van der Waals surface area contributed by atoms with Gasteiger partial charge in [0.15, 0.2) is 0 Å². The second kappa shape index (κ2) is 5.56. The van der Waals surface area contributed by atoms with Gasteiger partial charge in [-0.2, -0.15) is 18.3 Å². The highest BCUT2D eigenvalue weighted by atomic mass is 19.4. The van der Waals surface area contributed by atoms with E-state index in [-0.39, 0.29) is 0 Å². The molecule has 0 aliphatic rings. The largest absolute Gasteiger partial charge is 0.416 e. The first-order valence-corrected chi connectivity index (χ1v) is 6.33. The monoisotopic (exact) mass is 283 g/mol. The number of aromatic nitrogens is 2. The highest BCUT2D eigenvalue weighted by molar-refractivity contribution is 5.53. The van der Waals surface area contributed by atoms with Crippen LogP contribution in [0.3, 0.4) is 0 Å². The number of anilines is 1. The summed E-state index contributed by atoms with van der Waals surface area (Å²) in [4.78, 5) is 0. The Hall–Kier alpha value is -1.98. The Balaban J connectivity index is 2.12. The van der Waals surface area contributed by atoms with Crippen molar-refractivity contribution in [2.45, 2.75) is 33.1 Å². The van der Waals surface area contributed by atoms with Crippen molar-refractivity contribution in [2.24, 2.45) is 0 Å². The number of hydrogen-bond donors (Lipinski definition) is 1. The molecule has 2 rings (SSSR count). The summed E-state index contributed by atoms with van der Waals surface area (Å²) in [7, 11) is 0. The van der Waals surface area contributed by atoms with Crippen molar-refractivity contribution in [1.29, 1.82) is 0 Å². The Morgan fingerprint density at radius 2 is 2.05 bits per heavy atom. The van der Waals surface area contributed by atoms with Crippen molar-refractivity contribution in [3.05, 3.63) is 47.3 Å². The minimum Gasteiger partial charge on any atom is -0.381 e. The molecule has 1 N–H and O–H groups in total. The highest BCUT2D eigenvalue weighted by Crippen LogP contribution is 2.32. The minimum absolute atomic E-state index is 0.447. The maximum absolute atomic E-state index is 12.7. The van der Waals surface area contributed by atoms with E-state index in [0.717, 1.165) is 29.8 Å². The van der Waals surface area contributed by atoms with E-state index in [0.29, 0.717) is 12.2 Å². The number of halogens is 3. The predicted molar refractivity (Wildman–Crippen MR) is 71.4 cm³/mol. The van der Waals surface area contributed by atoms with Gasteiger partial charge in [0, 0.05) is 30.5 Å². The third-order valence-corrected chi connectivity index (χ3v) is 3.06. The summed E-state index contributed by atoms with van der Waals surface area (Å²) >= 11 is 0. The lowest BCUT2D eigenvalue weighted by atomic mass is 10.1. The maximum Gasteiger partial charge on any atom is 0.416 e. The van der Waals surface area contributed by atoms with Gasteiger partial charge < -0.3 is 5.32 Å². The summed E-state index contributed by atoms with van der Waals surface area (Å²) in [6, 6.07) is 3.70. The highest BCUT2D eigenvalue weighted by Gasteiger charge is 2.30. The second-order valence-electron chi connectivity index (χ2n) is 4.59. The number of nitrogens with zero attached hydrogens (tertiary/aromatic N) is 2. The van der Waals surface area contributed by atoms with Gasteiger partial charge in [-0.25, -0.2) is 0 Å². The number of benzene rings is 1. The van der Waals surface area contributed by atoms with E-state index in [1.165, 1.54) is 6.07 Å². The van der Waals surface area contributed by atoms with Crippen LogP contribution in [-0.4, -0.2) is 9.78 Å². The van der Waals surface area contributed by atoms with Gasteiger partial charge in [0.2, 0.25) is 0 Å². The topological polar surface area (TPSA) is 29.9 Å². The van der Waals surface area contributed by atoms with E-state index in [9.17, 15) is 13.2 Å². The average Bonchev–Trinajstić information content (AvgIpc) is 2.84. The molecule has 0 bridgehead atoms. The van der Waals surface area contributed by atoms with Gasteiger partial charge in [0.1, 0.15) is 0 Å². The van der Waals surface area contributed by atoms with Gasteiger partial charge in [0.05, 0.1) is 11.8 Å². The Bertz CT molecular complexity index is 588. The maximum atomic E-state index is 12.7. The van der Waals surface area contributed by atoms with Crippen LogP contribution in [0.5, 0.6) is 0 Å². The van der Waals surface area contributed by atoms with Crippen molar-refractivity contribution < 1.29 is 13.2 Å². The molecule has 0 unspecified atom stereocenters. The van der Waals surface area contributed by atoms with Gasteiger partial charge in [-0.1, -0.05) is 6.07 Å². The van der Waals surface area contributed by atoms with Crippen molar-refractivity contribution >= 4 is 5.69 Å². The summed E-state index contributed by atoms with van der Waals surface area (Å²) in [5.74, 6) is 0. The fourth-order valence-electron chi connectivity index (χ4n) is 1.86. The summed E-state index contributed by atoms with van der Waals surface area (Å²) < 4.78 is 39.8. The average molecular weight is 283 g/mol. The Labute approximate surface area is 115 Å². The SMILES string of the molecule is CCn1cc(CNc2cc(C(F)(F)F)ccc2C)cn1. The lowest BCUT2D eigenvalue weighted by molar-refractivity contribution is -0.137. The number of nitrogens with one attached hydrogen (secondary N) is 1. The summed E-state index contributed by atoms with van der Waals surface area (Å²) in [6.45, 7) is 4.96. The van der Waals surface area contributed by atoms with Crippen molar-refractivity contribution in [1.82, 2.24) is 9.78 Å². The molecular weight excluding hydrogens is 267 g/mol. The van der Waals surface area contributed by atoms with Gasteiger partial charge in [-0.3, -0.25) is 4.68 Å². The van der Waals surface area contributed by atoms with Crippen LogP contribution in [0.1, 0.15) is 23.6 Å². The first-order valence-electron chi connectivity index (χ1n) is 6.33. The second-order valence-corrected chi connectivity index (χ2v) is 4.59. The minimum atomic E-state index is -4.32. The molecule has 1 aromatic carbocycles. The summed E-state index contributed by atoms with van der Waals surface area (Å²) in [6.07, 6.45) is -0.743. The smallest absolute Gasteiger partial charge is 0.381 e. The third-order valence-electron chi connectivity index (χ3n) is 3.06. The zero-order valence-corrected chi connectivity index (χ0v) is 11.3. The lowest BCUT2D eigenvalue weighted by Gasteiger charge is -2.12. The predicted octanol–water partition coefficient (Wildman–Crippen LogP) is 3.84. The third kappa shape index (κ3) is 3.31. The van der Waals surface area contributed by atoms with Crippen molar-refractivity contribution in [2.75, 3.05) is 5.32 Å². The first-order chi connectivity index (χ1) is 9.40. The molecule has 2 aromatic rings. The summed E-state index contributed by atoms with van der Waals surface area (Å²) in [5, 5.41) is 7.15. The van der Waals surface area contributed by atoms with E-state index >= 15 is 0 Å². The van der Waals surface area contributed by atoms with E-state index in [4.69, 9.17) is 0 Å². The molecule has 6 heteroatoms. The molecule has 0 radical (unpaired) electrons. The van der Waals surface area contributed by atoms with Crippen molar-refractivity contribution in [3.63, 3.8) is 0 Å². The number of rotatable bonds is 4. The van der Waals surface area contributed by atoms with E-state index in [2.05, 4.69) is 10.4 Å². The molecule has 0 amide bonds. The molecule has 3 nitrogen and oxygen atoms in total. The van der Waals surface area contributed by atoms with Crippen LogP contribution in [0.4, 0.5) is 18.9 Å². The zero-order valence-electron chi connectivity index (χ0n) is 11.3. The van der Waals surface area contributed by atoms with Gasteiger partial charge in [0.25, 0.3) is 0 Å². The molecule has 0 aliphatic carbocycles.